The zero-order valence-electron chi connectivity index (χ0n) is 10.7. The fourth-order valence-corrected chi connectivity index (χ4v) is 1.31. The summed E-state index contributed by atoms with van der Waals surface area (Å²) in [5.41, 5.74) is 0.175. The van der Waals surface area contributed by atoms with E-state index in [2.05, 4.69) is 10.3 Å². The van der Waals surface area contributed by atoms with Crippen molar-refractivity contribution in [3.05, 3.63) is 11.9 Å². The van der Waals surface area contributed by atoms with E-state index in [4.69, 9.17) is 5.11 Å². The van der Waals surface area contributed by atoms with Crippen molar-refractivity contribution in [2.45, 2.75) is 38.5 Å². The molecule has 0 aliphatic rings. The van der Waals surface area contributed by atoms with Crippen LogP contribution in [0.3, 0.4) is 0 Å². The highest BCUT2D eigenvalue weighted by Gasteiger charge is 2.41. The lowest BCUT2D eigenvalue weighted by molar-refractivity contribution is -0.175. The Morgan fingerprint density at radius 1 is 1.45 bits per heavy atom. The molecule has 1 aromatic rings. The number of rotatable bonds is 5. The van der Waals surface area contributed by atoms with Crippen LogP contribution >= 0.6 is 0 Å². The van der Waals surface area contributed by atoms with E-state index < -0.39 is 24.1 Å². The number of carbonyl (C=O) groups is 2. The van der Waals surface area contributed by atoms with E-state index in [9.17, 15) is 22.8 Å². The van der Waals surface area contributed by atoms with E-state index >= 15 is 0 Å². The van der Waals surface area contributed by atoms with Gasteiger partial charge in [-0.15, -0.1) is 5.10 Å². The van der Waals surface area contributed by atoms with Crippen molar-refractivity contribution in [3.63, 3.8) is 0 Å². The van der Waals surface area contributed by atoms with Crippen molar-refractivity contribution in [1.29, 1.82) is 0 Å². The molecule has 0 saturated heterocycles. The molecule has 7 nitrogen and oxygen atoms in total. The largest absolute Gasteiger partial charge is 0.480 e. The molecule has 2 N–H and O–H groups in total. The van der Waals surface area contributed by atoms with Crippen LogP contribution in [0, 0.1) is 0 Å². The highest BCUT2D eigenvalue weighted by atomic mass is 19.4. The van der Waals surface area contributed by atoms with Gasteiger partial charge in [0.05, 0.1) is 5.69 Å². The monoisotopic (exact) mass is 294 g/mol. The third kappa shape index (κ3) is 4.21. The highest BCUT2D eigenvalue weighted by molar-refractivity contribution is 5.87. The molecule has 1 atom stereocenters. The number of hydrogen-bond donors (Lipinski definition) is 2. The third-order valence-corrected chi connectivity index (χ3v) is 2.36. The second-order valence-corrected chi connectivity index (χ2v) is 4.35. The SMILES string of the molecule is CC(C)n1cc(CC(NC(=O)C(F)(F)F)C(=O)O)nn1. The van der Waals surface area contributed by atoms with E-state index in [1.807, 2.05) is 0 Å². The van der Waals surface area contributed by atoms with Crippen LogP contribution in [0.2, 0.25) is 0 Å². The molecule has 0 fully saturated rings. The summed E-state index contributed by atoms with van der Waals surface area (Å²) in [4.78, 5) is 21.6. The maximum Gasteiger partial charge on any atom is 0.471 e. The van der Waals surface area contributed by atoms with Crippen LogP contribution in [0.4, 0.5) is 13.2 Å². The number of carboxylic acid groups (broad SMARTS) is 1. The molecule has 1 rings (SSSR count). The van der Waals surface area contributed by atoms with Gasteiger partial charge in [-0.3, -0.25) is 4.79 Å². The molecule has 10 heteroatoms. The summed E-state index contributed by atoms with van der Waals surface area (Å²) < 4.78 is 37.7. The number of amides is 1. The van der Waals surface area contributed by atoms with Crippen molar-refractivity contribution in [2.24, 2.45) is 0 Å². The van der Waals surface area contributed by atoms with Gasteiger partial charge in [0.1, 0.15) is 6.04 Å². The quantitative estimate of drug-likeness (QED) is 0.825. The van der Waals surface area contributed by atoms with Crippen LogP contribution < -0.4 is 5.32 Å². The van der Waals surface area contributed by atoms with E-state index in [1.54, 1.807) is 13.8 Å². The number of aliphatic carboxylic acids is 1. The Morgan fingerprint density at radius 3 is 2.45 bits per heavy atom. The molecule has 0 radical (unpaired) electrons. The van der Waals surface area contributed by atoms with Gasteiger partial charge in [-0.2, -0.15) is 13.2 Å². The summed E-state index contributed by atoms with van der Waals surface area (Å²) in [5.74, 6) is -3.89. The number of carbonyl (C=O) groups excluding carboxylic acids is 1. The lowest BCUT2D eigenvalue weighted by Crippen LogP contribution is -2.47. The molecule has 1 aromatic heterocycles. The zero-order valence-corrected chi connectivity index (χ0v) is 10.7. The molecular weight excluding hydrogens is 281 g/mol. The van der Waals surface area contributed by atoms with Gasteiger partial charge in [0.15, 0.2) is 0 Å². The van der Waals surface area contributed by atoms with Gasteiger partial charge in [-0.25, -0.2) is 9.48 Å². The Bertz CT molecular complexity index is 498. The predicted octanol–water partition coefficient (Wildman–Crippen LogP) is 0.533. The van der Waals surface area contributed by atoms with Crippen LogP contribution in [-0.4, -0.2) is 44.2 Å². The van der Waals surface area contributed by atoms with Crippen LogP contribution in [0.5, 0.6) is 0 Å². The normalized spacial score (nSPS) is 13.3. The summed E-state index contributed by atoms with van der Waals surface area (Å²) >= 11 is 0. The maximum absolute atomic E-state index is 12.1. The van der Waals surface area contributed by atoms with E-state index in [1.165, 1.54) is 16.2 Å². The van der Waals surface area contributed by atoms with Crippen LogP contribution in [0.15, 0.2) is 6.20 Å². The first-order valence-electron chi connectivity index (χ1n) is 5.62. The lowest BCUT2D eigenvalue weighted by atomic mass is 10.1. The number of halogens is 3. The van der Waals surface area contributed by atoms with E-state index in [0.29, 0.717) is 0 Å². The Kier molecular flexibility index (Phi) is 4.69. The van der Waals surface area contributed by atoms with Gasteiger partial charge in [0.25, 0.3) is 0 Å². The Labute approximate surface area is 111 Å². The van der Waals surface area contributed by atoms with Crippen LogP contribution in [0.25, 0.3) is 0 Å². The highest BCUT2D eigenvalue weighted by Crippen LogP contribution is 2.15. The second-order valence-electron chi connectivity index (χ2n) is 4.35. The minimum Gasteiger partial charge on any atom is -0.480 e. The number of carboxylic acids is 1. The zero-order chi connectivity index (χ0) is 15.5. The Balaban J connectivity index is 2.77. The summed E-state index contributed by atoms with van der Waals surface area (Å²) in [6.07, 6.45) is -4.10. The minimum atomic E-state index is -5.14. The number of aromatic nitrogens is 3. The van der Waals surface area contributed by atoms with Crippen LogP contribution in [0.1, 0.15) is 25.6 Å². The smallest absolute Gasteiger partial charge is 0.471 e. The first-order chi connectivity index (χ1) is 9.11. The number of hydrogen-bond acceptors (Lipinski definition) is 4. The van der Waals surface area contributed by atoms with Crippen molar-refractivity contribution in [3.8, 4) is 0 Å². The Hall–Kier alpha value is -2.13. The number of alkyl halides is 3. The maximum atomic E-state index is 12.1. The summed E-state index contributed by atoms with van der Waals surface area (Å²) in [7, 11) is 0. The van der Waals surface area contributed by atoms with E-state index in [-0.39, 0.29) is 18.2 Å². The van der Waals surface area contributed by atoms with Gasteiger partial charge < -0.3 is 10.4 Å². The number of nitrogens with one attached hydrogen (secondary N) is 1. The van der Waals surface area contributed by atoms with Crippen molar-refractivity contribution < 1.29 is 27.9 Å². The van der Waals surface area contributed by atoms with Gasteiger partial charge in [-0.05, 0) is 13.8 Å². The molecule has 0 aliphatic heterocycles. The Morgan fingerprint density at radius 2 is 2.05 bits per heavy atom. The van der Waals surface area contributed by atoms with Gasteiger partial charge in [0, 0.05) is 18.7 Å². The minimum absolute atomic E-state index is 0.0238. The van der Waals surface area contributed by atoms with Gasteiger partial charge in [-0.1, -0.05) is 5.21 Å². The topological polar surface area (TPSA) is 97.1 Å². The van der Waals surface area contributed by atoms with Crippen LogP contribution in [-0.2, 0) is 16.0 Å². The van der Waals surface area contributed by atoms with Gasteiger partial charge in [0.2, 0.25) is 0 Å². The molecule has 112 valence electrons. The molecular formula is C10H13F3N4O3. The van der Waals surface area contributed by atoms with Crippen molar-refractivity contribution in [2.75, 3.05) is 0 Å². The molecule has 1 unspecified atom stereocenters. The fourth-order valence-electron chi connectivity index (χ4n) is 1.31. The summed E-state index contributed by atoms with van der Waals surface area (Å²) in [5, 5.41) is 17.6. The summed E-state index contributed by atoms with van der Waals surface area (Å²) in [6.45, 7) is 3.61. The average molecular weight is 294 g/mol. The molecule has 20 heavy (non-hydrogen) atoms. The molecule has 1 heterocycles. The molecule has 0 bridgehead atoms. The molecule has 1 amide bonds. The molecule has 0 saturated carbocycles. The van der Waals surface area contributed by atoms with E-state index in [0.717, 1.165) is 0 Å². The fraction of sp³-hybridized carbons (Fsp3) is 0.600. The van der Waals surface area contributed by atoms with Crippen molar-refractivity contribution in [1.82, 2.24) is 20.3 Å². The number of nitrogens with zero attached hydrogens (tertiary/aromatic N) is 3. The van der Waals surface area contributed by atoms with Gasteiger partial charge >= 0.3 is 18.1 Å². The average Bonchev–Trinajstić information content (AvgIpc) is 2.75. The third-order valence-electron chi connectivity index (χ3n) is 2.36. The summed E-state index contributed by atoms with van der Waals surface area (Å²) in [6, 6.07) is -1.74. The molecule has 0 aromatic carbocycles. The lowest BCUT2D eigenvalue weighted by Gasteiger charge is -2.14. The first-order valence-corrected chi connectivity index (χ1v) is 5.62. The molecule has 0 spiro atoms. The first kappa shape index (κ1) is 15.9. The predicted molar refractivity (Wildman–Crippen MR) is 59.7 cm³/mol. The standard InChI is InChI=1S/C10H13F3N4O3/c1-5(2)17-4-6(15-16-17)3-7(8(18)19)14-9(20)10(11,12)13/h4-5,7H,3H2,1-2H3,(H,14,20)(H,18,19). The van der Waals surface area contributed by atoms with Crippen molar-refractivity contribution >= 4 is 11.9 Å². The second kappa shape index (κ2) is 5.88. The molecule has 0 aliphatic carbocycles.